The van der Waals surface area contributed by atoms with Crippen LogP contribution in [0.2, 0.25) is 0 Å². The molecule has 0 amide bonds. The van der Waals surface area contributed by atoms with E-state index in [4.69, 9.17) is 0 Å². The van der Waals surface area contributed by atoms with Gasteiger partial charge < -0.3 is 9.97 Å². The first-order chi connectivity index (χ1) is 9.74. The molecule has 0 radical (unpaired) electrons. The number of nitrogens with zero attached hydrogens (tertiary/aromatic N) is 1. The van der Waals surface area contributed by atoms with Gasteiger partial charge in [0.15, 0.2) is 0 Å². The van der Waals surface area contributed by atoms with Crippen molar-refractivity contribution in [1.29, 1.82) is 0 Å². The second-order valence-electron chi connectivity index (χ2n) is 4.26. The van der Waals surface area contributed by atoms with Crippen LogP contribution in [0.3, 0.4) is 0 Å². The summed E-state index contributed by atoms with van der Waals surface area (Å²) in [5.41, 5.74) is 1.11. The molecule has 2 N–H and O–H groups in total. The van der Waals surface area contributed by atoms with Gasteiger partial charge in [0.1, 0.15) is 5.82 Å². The highest BCUT2D eigenvalue weighted by Crippen LogP contribution is 2.16. The third-order valence-corrected chi connectivity index (χ3v) is 2.88. The summed E-state index contributed by atoms with van der Waals surface area (Å²) >= 11 is 0. The van der Waals surface area contributed by atoms with Gasteiger partial charge in [-0.2, -0.15) is 0 Å². The van der Waals surface area contributed by atoms with E-state index in [1.807, 2.05) is 30.3 Å². The molecule has 3 rings (SSSR count). The fourth-order valence-corrected chi connectivity index (χ4v) is 1.95. The normalized spacial score (nSPS) is 10.4. The lowest BCUT2D eigenvalue weighted by Crippen LogP contribution is -2.14. The van der Waals surface area contributed by atoms with Crippen LogP contribution in [0.1, 0.15) is 0 Å². The van der Waals surface area contributed by atoms with Gasteiger partial charge in [0.2, 0.25) is 0 Å². The second-order valence-corrected chi connectivity index (χ2v) is 4.26. The van der Waals surface area contributed by atoms with Gasteiger partial charge in [-0.25, -0.2) is 4.98 Å². The molecule has 0 bridgehead atoms. The summed E-state index contributed by atoms with van der Waals surface area (Å²) in [7, 11) is 0. The predicted octanol–water partition coefficient (Wildman–Crippen LogP) is 1.79. The summed E-state index contributed by atoms with van der Waals surface area (Å²) in [6.07, 6.45) is 1.53. The standard InChI is InChI=1S/C15H11N3O2/c19-13-9-12(10-5-2-1-3-6-10)17-14(18-13)11-7-4-8-16-15(11)20/h1-9H,(H,16,20)(H,17,18,19). The van der Waals surface area contributed by atoms with Crippen LogP contribution in [0.4, 0.5) is 0 Å². The summed E-state index contributed by atoms with van der Waals surface area (Å²) in [5.74, 6) is 0.262. The van der Waals surface area contributed by atoms with E-state index >= 15 is 0 Å². The van der Waals surface area contributed by atoms with Crippen molar-refractivity contribution in [3.63, 3.8) is 0 Å². The summed E-state index contributed by atoms with van der Waals surface area (Å²) in [6.45, 7) is 0. The molecule has 2 heterocycles. The Kier molecular flexibility index (Phi) is 3.01. The molecule has 20 heavy (non-hydrogen) atoms. The van der Waals surface area contributed by atoms with Crippen LogP contribution in [0.15, 0.2) is 64.3 Å². The molecule has 2 aromatic heterocycles. The zero-order valence-electron chi connectivity index (χ0n) is 10.5. The van der Waals surface area contributed by atoms with Crippen LogP contribution in [0, 0.1) is 0 Å². The van der Waals surface area contributed by atoms with Crippen molar-refractivity contribution in [2.45, 2.75) is 0 Å². The number of benzene rings is 1. The average molecular weight is 265 g/mol. The number of pyridine rings is 1. The minimum atomic E-state index is -0.294. The van der Waals surface area contributed by atoms with Crippen LogP contribution in [0.5, 0.6) is 0 Å². The van der Waals surface area contributed by atoms with Crippen LogP contribution in [-0.4, -0.2) is 15.0 Å². The maximum absolute atomic E-state index is 11.8. The number of rotatable bonds is 2. The fraction of sp³-hybridized carbons (Fsp3) is 0. The Labute approximate surface area is 114 Å². The van der Waals surface area contributed by atoms with Gasteiger partial charge >= 0.3 is 0 Å². The maximum atomic E-state index is 11.8. The molecule has 0 aliphatic rings. The largest absolute Gasteiger partial charge is 0.328 e. The fourth-order valence-electron chi connectivity index (χ4n) is 1.95. The van der Waals surface area contributed by atoms with Gasteiger partial charge in [-0.15, -0.1) is 0 Å². The molecular formula is C15H11N3O2. The highest BCUT2D eigenvalue weighted by atomic mass is 16.1. The molecule has 3 aromatic rings. The second kappa shape index (κ2) is 4.97. The molecule has 5 heteroatoms. The molecule has 0 aliphatic heterocycles. The van der Waals surface area contributed by atoms with Gasteiger partial charge in [0.25, 0.3) is 11.1 Å². The van der Waals surface area contributed by atoms with E-state index in [-0.39, 0.29) is 16.9 Å². The maximum Gasteiger partial charge on any atom is 0.258 e. The van der Waals surface area contributed by atoms with E-state index < -0.39 is 0 Å². The topological polar surface area (TPSA) is 78.6 Å². The Morgan fingerprint density at radius 3 is 2.50 bits per heavy atom. The van der Waals surface area contributed by atoms with Crippen LogP contribution in [-0.2, 0) is 0 Å². The van der Waals surface area contributed by atoms with E-state index in [0.29, 0.717) is 11.3 Å². The Morgan fingerprint density at radius 2 is 1.75 bits per heavy atom. The van der Waals surface area contributed by atoms with Gasteiger partial charge in [0.05, 0.1) is 11.3 Å². The van der Waals surface area contributed by atoms with Gasteiger partial charge in [0, 0.05) is 17.8 Å². The minimum Gasteiger partial charge on any atom is -0.328 e. The summed E-state index contributed by atoms with van der Waals surface area (Å²) in [5, 5.41) is 0. The molecule has 0 spiro atoms. The van der Waals surface area contributed by atoms with Crippen molar-refractivity contribution < 1.29 is 0 Å². The first-order valence-corrected chi connectivity index (χ1v) is 6.09. The summed E-state index contributed by atoms with van der Waals surface area (Å²) in [6, 6.07) is 14.1. The van der Waals surface area contributed by atoms with Gasteiger partial charge in [-0.1, -0.05) is 30.3 Å². The lowest BCUT2D eigenvalue weighted by atomic mass is 10.1. The number of hydrogen-bond acceptors (Lipinski definition) is 3. The molecule has 98 valence electrons. The van der Waals surface area contributed by atoms with Crippen molar-refractivity contribution in [2.75, 3.05) is 0 Å². The molecule has 0 fully saturated rings. The SMILES string of the molecule is O=c1cc(-c2ccccc2)nc(-c2ccc[nH]c2=O)[nH]1. The number of nitrogens with one attached hydrogen (secondary N) is 2. The van der Waals surface area contributed by atoms with E-state index in [0.717, 1.165) is 5.56 Å². The van der Waals surface area contributed by atoms with Gasteiger partial charge in [-0.05, 0) is 12.1 Å². The molecule has 5 nitrogen and oxygen atoms in total. The predicted molar refractivity (Wildman–Crippen MR) is 76.4 cm³/mol. The van der Waals surface area contributed by atoms with E-state index in [1.165, 1.54) is 12.3 Å². The average Bonchev–Trinajstić information content (AvgIpc) is 2.48. The van der Waals surface area contributed by atoms with Gasteiger partial charge in [-0.3, -0.25) is 9.59 Å². The Balaban J connectivity index is 2.20. The van der Waals surface area contributed by atoms with Crippen molar-refractivity contribution in [1.82, 2.24) is 15.0 Å². The summed E-state index contributed by atoms with van der Waals surface area (Å²) < 4.78 is 0. The zero-order chi connectivity index (χ0) is 13.9. The molecule has 0 saturated carbocycles. The third kappa shape index (κ3) is 2.29. The van der Waals surface area contributed by atoms with Crippen molar-refractivity contribution in [3.05, 3.63) is 75.4 Å². The third-order valence-electron chi connectivity index (χ3n) is 2.88. The molecule has 0 saturated heterocycles. The number of aromatic amines is 2. The van der Waals surface area contributed by atoms with E-state index in [1.54, 1.807) is 12.1 Å². The quantitative estimate of drug-likeness (QED) is 0.741. The molecule has 0 unspecified atom stereocenters. The lowest BCUT2D eigenvalue weighted by Gasteiger charge is -2.03. The molecule has 1 aromatic carbocycles. The number of H-pyrrole nitrogens is 2. The molecule has 0 atom stereocenters. The smallest absolute Gasteiger partial charge is 0.258 e. The van der Waals surface area contributed by atoms with E-state index in [9.17, 15) is 9.59 Å². The Bertz CT molecular complexity index is 850. The van der Waals surface area contributed by atoms with Crippen molar-refractivity contribution in [2.24, 2.45) is 0 Å². The lowest BCUT2D eigenvalue weighted by molar-refractivity contribution is 1.11. The Hall–Kier alpha value is -2.95. The van der Waals surface area contributed by atoms with Crippen LogP contribution >= 0.6 is 0 Å². The van der Waals surface area contributed by atoms with Crippen LogP contribution < -0.4 is 11.1 Å². The molecule has 0 aliphatic carbocycles. The first kappa shape index (κ1) is 12.1. The molecular weight excluding hydrogens is 254 g/mol. The highest BCUT2D eigenvalue weighted by molar-refractivity contribution is 5.62. The number of aromatic nitrogens is 3. The first-order valence-electron chi connectivity index (χ1n) is 6.09. The Morgan fingerprint density at radius 1 is 0.950 bits per heavy atom. The number of hydrogen-bond donors (Lipinski definition) is 2. The van der Waals surface area contributed by atoms with Crippen LogP contribution in [0.25, 0.3) is 22.6 Å². The van der Waals surface area contributed by atoms with Crippen molar-refractivity contribution >= 4 is 0 Å². The van der Waals surface area contributed by atoms with E-state index in [2.05, 4.69) is 15.0 Å². The monoisotopic (exact) mass is 265 g/mol. The highest BCUT2D eigenvalue weighted by Gasteiger charge is 2.08. The van der Waals surface area contributed by atoms with Crippen molar-refractivity contribution in [3.8, 4) is 22.6 Å². The zero-order valence-corrected chi connectivity index (χ0v) is 10.5. The minimum absolute atomic E-state index is 0.262. The summed E-state index contributed by atoms with van der Waals surface area (Å²) in [4.78, 5) is 33.0.